The lowest BCUT2D eigenvalue weighted by atomic mass is 10.0. The topological polar surface area (TPSA) is 87.6 Å². The molecule has 0 aliphatic rings. The number of amides is 2. The molecular formula is C23H26N4O4. The lowest BCUT2D eigenvalue weighted by Gasteiger charge is -2.26. The number of aromatic amines is 1. The lowest BCUT2D eigenvalue weighted by Crippen LogP contribution is -2.39. The number of nitrogens with zero attached hydrogens (tertiary/aromatic N) is 3. The number of carbonyl (C=O) groups is 1. The van der Waals surface area contributed by atoms with Gasteiger partial charge in [0, 0.05) is 38.5 Å². The Morgan fingerprint density at radius 2 is 1.71 bits per heavy atom. The molecule has 0 saturated carbocycles. The van der Waals surface area contributed by atoms with E-state index in [-0.39, 0.29) is 12.8 Å². The van der Waals surface area contributed by atoms with Crippen LogP contribution in [-0.4, -0.2) is 47.7 Å². The molecule has 2 aromatic carbocycles. The van der Waals surface area contributed by atoms with E-state index < -0.39 is 11.2 Å². The number of hydrogen-bond acceptors (Lipinski definition) is 4. The maximum absolute atomic E-state index is 12.9. The van der Waals surface area contributed by atoms with Gasteiger partial charge >= 0.3 is 11.7 Å². The van der Waals surface area contributed by atoms with Crippen LogP contribution in [0.5, 0.6) is 0 Å². The van der Waals surface area contributed by atoms with E-state index in [1.54, 1.807) is 23.9 Å². The summed E-state index contributed by atoms with van der Waals surface area (Å²) in [7, 11) is 3.51. The maximum Gasteiger partial charge on any atom is 0.330 e. The Morgan fingerprint density at radius 3 is 2.45 bits per heavy atom. The van der Waals surface area contributed by atoms with Crippen molar-refractivity contribution in [2.75, 3.05) is 32.1 Å². The standard InChI is InChI=1S/C23H26N4O4/c1-25(14-8-16-31-17-27-15-13-21(28)24-22(27)29)23(30)26(2)20-12-7-6-11-19(20)18-9-4-3-5-10-18/h3-7,9-13,15H,8,14,16-17H2,1-2H3,(H,24,28,29). The second-order valence-corrected chi connectivity index (χ2v) is 7.12. The number of benzene rings is 2. The molecule has 0 bridgehead atoms. The molecule has 1 aromatic heterocycles. The molecule has 0 spiro atoms. The number of rotatable bonds is 8. The van der Waals surface area contributed by atoms with Crippen molar-refractivity contribution in [2.24, 2.45) is 0 Å². The summed E-state index contributed by atoms with van der Waals surface area (Å²) in [5.74, 6) is 0. The van der Waals surface area contributed by atoms with Crippen LogP contribution in [0.2, 0.25) is 0 Å². The first-order valence-corrected chi connectivity index (χ1v) is 9.98. The predicted molar refractivity (Wildman–Crippen MR) is 120 cm³/mol. The van der Waals surface area contributed by atoms with Gasteiger partial charge in [-0.25, -0.2) is 9.59 Å². The van der Waals surface area contributed by atoms with Gasteiger partial charge in [0.05, 0.1) is 12.3 Å². The molecule has 1 heterocycles. The number of carbonyl (C=O) groups excluding carboxylic acids is 1. The van der Waals surface area contributed by atoms with E-state index in [4.69, 9.17) is 4.74 Å². The molecule has 0 atom stereocenters. The van der Waals surface area contributed by atoms with Gasteiger partial charge in [-0.1, -0.05) is 48.5 Å². The minimum absolute atomic E-state index is 0.0393. The zero-order chi connectivity index (χ0) is 22.2. The molecule has 8 nitrogen and oxygen atoms in total. The third kappa shape index (κ3) is 5.70. The average molecular weight is 422 g/mol. The average Bonchev–Trinajstić information content (AvgIpc) is 2.79. The number of urea groups is 1. The molecule has 8 heteroatoms. The second kappa shape index (κ2) is 10.4. The molecular weight excluding hydrogens is 396 g/mol. The molecule has 0 aliphatic heterocycles. The highest BCUT2D eigenvalue weighted by molar-refractivity contribution is 5.96. The van der Waals surface area contributed by atoms with Gasteiger partial charge in [0.2, 0.25) is 0 Å². The van der Waals surface area contributed by atoms with Crippen LogP contribution in [0.3, 0.4) is 0 Å². The van der Waals surface area contributed by atoms with Gasteiger partial charge in [0.1, 0.15) is 6.73 Å². The van der Waals surface area contributed by atoms with Crippen LogP contribution in [0, 0.1) is 0 Å². The van der Waals surface area contributed by atoms with Gasteiger partial charge in [-0.15, -0.1) is 0 Å². The van der Waals surface area contributed by atoms with Crippen LogP contribution in [0.25, 0.3) is 11.1 Å². The number of H-pyrrole nitrogens is 1. The van der Waals surface area contributed by atoms with E-state index in [0.29, 0.717) is 19.6 Å². The van der Waals surface area contributed by atoms with Crippen LogP contribution in [0.1, 0.15) is 6.42 Å². The Balaban J connectivity index is 1.53. The Morgan fingerprint density at radius 1 is 1.00 bits per heavy atom. The number of ether oxygens (including phenoxy) is 1. The number of anilines is 1. The fourth-order valence-corrected chi connectivity index (χ4v) is 3.20. The number of aromatic nitrogens is 2. The van der Waals surface area contributed by atoms with Crippen LogP contribution in [0.15, 0.2) is 76.4 Å². The maximum atomic E-state index is 12.9. The first-order valence-electron chi connectivity index (χ1n) is 9.98. The minimum atomic E-state index is -0.515. The van der Waals surface area contributed by atoms with Gasteiger partial charge in [-0.3, -0.25) is 19.2 Å². The van der Waals surface area contributed by atoms with Crippen molar-refractivity contribution < 1.29 is 9.53 Å². The van der Waals surface area contributed by atoms with Crippen molar-refractivity contribution >= 4 is 11.7 Å². The Hall–Kier alpha value is -3.65. The summed E-state index contributed by atoms with van der Waals surface area (Å²) >= 11 is 0. The lowest BCUT2D eigenvalue weighted by molar-refractivity contribution is 0.0688. The third-order valence-corrected chi connectivity index (χ3v) is 4.87. The SMILES string of the molecule is CN(CCCOCn1ccc(=O)[nH]c1=O)C(=O)N(C)c1ccccc1-c1ccccc1. The molecule has 0 saturated heterocycles. The summed E-state index contributed by atoms with van der Waals surface area (Å²) in [6.45, 7) is 0.905. The van der Waals surface area contributed by atoms with Crippen LogP contribution in [-0.2, 0) is 11.5 Å². The van der Waals surface area contributed by atoms with Crippen molar-refractivity contribution in [3.63, 3.8) is 0 Å². The second-order valence-electron chi connectivity index (χ2n) is 7.12. The molecule has 3 rings (SSSR count). The van der Waals surface area contributed by atoms with E-state index in [2.05, 4.69) is 4.98 Å². The van der Waals surface area contributed by atoms with Crippen molar-refractivity contribution in [2.45, 2.75) is 13.2 Å². The van der Waals surface area contributed by atoms with Gasteiger partial charge in [-0.05, 0) is 18.1 Å². The molecule has 1 N–H and O–H groups in total. The number of hydrogen-bond donors (Lipinski definition) is 1. The summed E-state index contributed by atoms with van der Waals surface area (Å²) < 4.78 is 6.75. The molecule has 0 fully saturated rings. The molecule has 3 aromatic rings. The smallest absolute Gasteiger partial charge is 0.330 e. The predicted octanol–water partition coefficient (Wildman–Crippen LogP) is 2.76. The van der Waals surface area contributed by atoms with Crippen LogP contribution in [0.4, 0.5) is 10.5 Å². The molecule has 0 aliphatic carbocycles. The summed E-state index contributed by atoms with van der Waals surface area (Å²) in [5.41, 5.74) is 1.91. The molecule has 31 heavy (non-hydrogen) atoms. The normalized spacial score (nSPS) is 10.6. The van der Waals surface area contributed by atoms with Crippen LogP contribution < -0.4 is 16.1 Å². The van der Waals surface area contributed by atoms with Gasteiger partial charge < -0.3 is 9.64 Å². The monoisotopic (exact) mass is 422 g/mol. The summed E-state index contributed by atoms with van der Waals surface area (Å²) in [6.07, 6.45) is 1.99. The Kier molecular flexibility index (Phi) is 7.40. The molecule has 0 unspecified atom stereocenters. The van der Waals surface area contributed by atoms with Crippen molar-refractivity contribution in [3.8, 4) is 11.1 Å². The fourth-order valence-electron chi connectivity index (χ4n) is 3.20. The quantitative estimate of drug-likeness (QED) is 0.566. The third-order valence-electron chi connectivity index (χ3n) is 4.87. The van der Waals surface area contributed by atoms with Gasteiger partial charge in [0.25, 0.3) is 5.56 Å². The van der Waals surface area contributed by atoms with Gasteiger partial charge in [-0.2, -0.15) is 0 Å². The van der Waals surface area contributed by atoms with E-state index in [1.165, 1.54) is 16.8 Å². The van der Waals surface area contributed by atoms with Gasteiger partial charge in [0.15, 0.2) is 0 Å². The zero-order valence-electron chi connectivity index (χ0n) is 17.7. The summed E-state index contributed by atoms with van der Waals surface area (Å²) in [6, 6.07) is 18.9. The zero-order valence-corrected chi connectivity index (χ0v) is 17.7. The van der Waals surface area contributed by atoms with E-state index in [9.17, 15) is 14.4 Å². The van der Waals surface area contributed by atoms with Crippen molar-refractivity contribution in [1.82, 2.24) is 14.5 Å². The Labute approximate surface area is 180 Å². The highest BCUT2D eigenvalue weighted by Gasteiger charge is 2.18. The van der Waals surface area contributed by atoms with E-state index >= 15 is 0 Å². The first-order chi connectivity index (χ1) is 15.0. The minimum Gasteiger partial charge on any atom is -0.361 e. The van der Waals surface area contributed by atoms with Crippen molar-refractivity contribution in [1.29, 1.82) is 0 Å². The fraction of sp³-hybridized carbons (Fsp3) is 0.261. The number of para-hydroxylation sites is 1. The highest BCUT2D eigenvalue weighted by Crippen LogP contribution is 2.30. The number of nitrogens with one attached hydrogen (secondary N) is 1. The molecule has 0 radical (unpaired) electrons. The van der Waals surface area contributed by atoms with E-state index in [1.807, 2.05) is 54.6 Å². The summed E-state index contributed by atoms with van der Waals surface area (Å²) in [4.78, 5) is 41.0. The van der Waals surface area contributed by atoms with Crippen LogP contribution >= 0.6 is 0 Å². The largest absolute Gasteiger partial charge is 0.361 e. The summed E-state index contributed by atoms with van der Waals surface area (Å²) in [5, 5.41) is 0. The molecule has 2 amide bonds. The van der Waals surface area contributed by atoms with E-state index in [0.717, 1.165) is 16.8 Å². The first kappa shape index (κ1) is 22.0. The highest BCUT2D eigenvalue weighted by atomic mass is 16.5. The Bertz CT molecular complexity index is 1120. The molecule has 162 valence electrons. The van der Waals surface area contributed by atoms with Crippen molar-refractivity contribution in [3.05, 3.63) is 87.7 Å².